The fourth-order valence-corrected chi connectivity index (χ4v) is 1.38. The van der Waals surface area contributed by atoms with Gasteiger partial charge in [0.1, 0.15) is 11.6 Å². The Morgan fingerprint density at radius 3 is 2.93 bits per heavy atom. The number of hydrogen-bond acceptors (Lipinski definition) is 2. The Labute approximate surface area is 96.0 Å². The van der Waals surface area contributed by atoms with Crippen LogP contribution in [0.25, 0.3) is 0 Å². The van der Waals surface area contributed by atoms with Gasteiger partial charge in [0.25, 0.3) is 0 Å². The van der Waals surface area contributed by atoms with Gasteiger partial charge in [-0.05, 0) is 28.1 Å². The van der Waals surface area contributed by atoms with Crippen molar-refractivity contribution in [3.05, 3.63) is 22.7 Å². The lowest BCUT2D eigenvalue weighted by molar-refractivity contribution is 0.412. The van der Waals surface area contributed by atoms with Crippen LogP contribution in [0, 0.1) is 0 Å². The van der Waals surface area contributed by atoms with Crippen LogP contribution >= 0.6 is 27.5 Å². The van der Waals surface area contributed by atoms with Crippen LogP contribution in [0.5, 0.6) is 5.75 Å². The van der Waals surface area contributed by atoms with Crippen molar-refractivity contribution in [1.82, 2.24) is 0 Å². The quantitative estimate of drug-likeness (QED) is 0.524. The van der Waals surface area contributed by atoms with Gasteiger partial charge in [-0.15, -0.1) is 11.6 Å². The lowest BCUT2D eigenvalue weighted by atomic mass is 10.3. The van der Waals surface area contributed by atoms with Crippen LogP contribution in [-0.2, 0) is 0 Å². The topological polar surface area (TPSA) is 47.6 Å². The number of methoxy groups -OCH3 is 1. The molecule has 0 heterocycles. The Kier molecular flexibility index (Phi) is 4.22. The molecular weight excluding hydrogens is 267 g/mol. The van der Waals surface area contributed by atoms with E-state index >= 15 is 0 Å². The molecule has 1 rings (SSSR count). The van der Waals surface area contributed by atoms with Crippen molar-refractivity contribution in [2.24, 2.45) is 10.7 Å². The van der Waals surface area contributed by atoms with E-state index in [1.165, 1.54) is 0 Å². The third-order valence-electron chi connectivity index (χ3n) is 1.54. The van der Waals surface area contributed by atoms with Gasteiger partial charge in [-0.1, -0.05) is 0 Å². The molecule has 14 heavy (non-hydrogen) atoms. The minimum atomic E-state index is 0.221. The van der Waals surface area contributed by atoms with Gasteiger partial charge in [0.15, 0.2) is 0 Å². The van der Waals surface area contributed by atoms with Gasteiger partial charge in [-0.25, -0.2) is 4.99 Å². The normalized spacial score (nSPS) is 11.5. The molecule has 0 bridgehead atoms. The van der Waals surface area contributed by atoms with Gasteiger partial charge in [0, 0.05) is 6.07 Å². The summed E-state index contributed by atoms with van der Waals surface area (Å²) < 4.78 is 5.99. The molecule has 0 amide bonds. The molecule has 0 aliphatic rings. The van der Waals surface area contributed by atoms with Crippen molar-refractivity contribution in [1.29, 1.82) is 0 Å². The molecule has 0 unspecified atom stereocenters. The maximum Gasteiger partial charge on any atom is 0.135 e. The van der Waals surface area contributed by atoms with E-state index in [1.807, 2.05) is 12.1 Å². The average Bonchev–Trinajstić information content (AvgIpc) is 2.20. The first-order valence-corrected chi connectivity index (χ1v) is 5.22. The van der Waals surface area contributed by atoms with E-state index in [9.17, 15) is 0 Å². The molecule has 0 atom stereocenters. The number of benzene rings is 1. The van der Waals surface area contributed by atoms with Crippen LogP contribution in [0.1, 0.15) is 0 Å². The summed E-state index contributed by atoms with van der Waals surface area (Å²) in [7, 11) is 1.60. The summed E-state index contributed by atoms with van der Waals surface area (Å²) in [6, 6.07) is 5.45. The maximum atomic E-state index is 5.51. The number of amidine groups is 1. The standard InChI is InChI=1S/C9H10BrClN2O/c1-14-8-4-6(2-3-7(8)10)13-9(12)5-11/h2-4H,5H2,1H3,(H2,12,13). The summed E-state index contributed by atoms with van der Waals surface area (Å²) in [5.74, 6) is 1.32. The largest absolute Gasteiger partial charge is 0.495 e. The van der Waals surface area contributed by atoms with E-state index < -0.39 is 0 Å². The number of alkyl halides is 1. The van der Waals surface area contributed by atoms with Gasteiger partial charge in [0.2, 0.25) is 0 Å². The van der Waals surface area contributed by atoms with Gasteiger partial charge < -0.3 is 10.5 Å². The molecule has 1 aromatic rings. The van der Waals surface area contributed by atoms with Crippen LogP contribution in [0.4, 0.5) is 5.69 Å². The molecule has 76 valence electrons. The number of nitrogens with zero attached hydrogens (tertiary/aromatic N) is 1. The zero-order valence-corrected chi connectivity index (χ0v) is 9.97. The first-order valence-electron chi connectivity index (χ1n) is 3.90. The average molecular weight is 278 g/mol. The molecule has 0 radical (unpaired) electrons. The molecule has 0 aromatic heterocycles. The van der Waals surface area contributed by atoms with Gasteiger partial charge in [-0.2, -0.15) is 0 Å². The molecule has 0 fully saturated rings. The van der Waals surface area contributed by atoms with Gasteiger partial charge in [0.05, 0.1) is 23.1 Å². The number of hydrogen-bond donors (Lipinski definition) is 1. The molecule has 2 N–H and O–H groups in total. The molecule has 0 saturated heterocycles. The highest BCUT2D eigenvalue weighted by atomic mass is 79.9. The Bertz CT molecular complexity index is 355. The molecule has 3 nitrogen and oxygen atoms in total. The number of nitrogens with two attached hydrogens (primary N) is 1. The Hall–Kier alpha value is -0.740. The van der Waals surface area contributed by atoms with E-state index in [2.05, 4.69) is 20.9 Å². The van der Waals surface area contributed by atoms with Crippen LogP contribution in [0.3, 0.4) is 0 Å². The molecule has 0 aliphatic carbocycles. The third kappa shape index (κ3) is 2.89. The van der Waals surface area contributed by atoms with E-state index in [0.29, 0.717) is 11.6 Å². The zero-order chi connectivity index (χ0) is 10.6. The van der Waals surface area contributed by atoms with Gasteiger partial charge in [-0.3, -0.25) is 0 Å². The molecule has 5 heteroatoms. The Morgan fingerprint density at radius 1 is 1.64 bits per heavy atom. The lowest BCUT2D eigenvalue weighted by Crippen LogP contribution is -2.12. The molecule has 0 aliphatic heterocycles. The summed E-state index contributed by atoms with van der Waals surface area (Å²) in [5, 5.41) is 0. The Morgan fingerprint density at radius 2 is 2.36 bits per heavy atom. The van der Waals surface area contributed by atoms with Crippen LogP contribution in [0.15, 0.2) is 27.7 Å². The fraction of sp³-hybridized carbons (Fsp3) is 0.222. The summed E-state index contributed by atoms with van der Waals surface area (Å²) in [6.07, 6.45) is 0. The summed E-state index contributed by atoms with van der Waals surface area (Å²) >= 11 is 8.85. The van der Waals surface area contributed by atoms with Crippen molar-refractivity contribution in [2.75, 3.05) is 13.0 Å². The molecule has 0 spiro atoms. The van der Waals surface area contributed by atoms with Crippen molar-refractivity contribution >= 4 is 39.1 Å². The predicted octanol–water partition coefficient (Wildman–Crippen LogP) is 2.69. The first-order chi connectivity index (χ1) is 6.67. The smallest absolute Gasteiger partial charge is 0.135 e. The number of halogens is 2. The van der Waals surface area contributed by atoms with Crippen LogP contribution in [-0.4, -0.2) is 18.8 Å². The first kappa shape index (κ1) is 11.3. The predicted molar refractivity (Wildman–Crippen MR) is 62.7 cm³/mol. The van der Waals surface area contributed by atoms with E-state index in [1.54, 1.807) is 13.2 Å². The van der Waals surface area contributed by atoms with Crippen molar-refractivity contribution < 1.29 is 4.74 Å². The summed E-state index contributed by atoms with van der Waals surface area (Å²) in [4.78, 5) is 4.09. The SMILES string of the molecule is COc1cc(N=C(N)CCl)ccc1Br. The second-order valence-corrected chi connectivity index (χ2v) is 3.68. The minimum absolute atomic E-state index is 0.221. The number of aliphatic imine (C=N–C) groups is 1. The second kappa shape index (κ2) is 5.22. The van der Waals surface area contributed by atoms with E-state index in [-0.39, 0.29) is 5.88 Å². The highest BCUT2D eigenvalue weighted by molar-refractivity contribution is 9.10. The lowest BCUT2D eigenvalue weighted by Gasteiger charge is -2.03. The second-order valence-electron chi connectivity index (χ2n) is 2.56. The van der Waals surface area contributed by atoms with E-state index in [0.717, 1.165) is 10.2 Å². The zero-order valence-electron chi connectivity index (χ0n) is 7.63. The van der Waals surface area contributed by atoms with Gasteiger partial charge >= 0.3 is 0 Å². The highest BCUT2D eigenvalue weighted by Gasteiger charge is 2.00. The monoisotopic (exact) mass is 276 g/mol. The van der Waals surface area contributed by atoms with E-state index in [4.69, 9.17) is 22.1 Å². The third-order valence-corrected chi connectivity index (χ3v) is 2.47. The number of ether oxygens (including phenoxy) is 1. The molecular formula is C9H10BrClN2O. The van der Waals surface area contributed by atoms with Crippen LogP contribution < -0.4 is 10.5 Å². The van der Waals surface area contributed by atoms with Crippen molar-refractivity contribution in [2.45, 2.75) is 0 Å². The van der Waals surface area contributed by atoms with Crippen LogP contribution in [0.2, 0.25) is 0 Å². The summed E-state index contributed by atoms with van der Waals surface area (Å²) in [5.41, 5.74) is 6.23. The minimum Gasteiger partial charge on any atom is -0.495 e. The molecule has 0 saturated carbocycles. The summed E-state index contributed by atoms with van der Waals surface area (Å²) in [6.45, 7) is 0. The van der Waals surface area contributed by atoms with Crippen molar-refractivity contribution in [3.8, 4) is 5.75 Å². The Balaban J connectivity index is 3.01. The fourth-order valence-electron chi connectivity index (χ4n) is 0.914. The maximum absolute atomic E-state index is 5.51. The van der Waals surface area contributed by atoms with Crippen molar-refractivity contribution in [3.63, 3.8) is 0 Å². The number of rotatable bonds is 3. The highest BCUT2D eigenvalue weighted by Crippen LogP contribution is 2.29. The molecule has 1 aromatic carbocycles.